The molecule has 1 amide bonds. The molecule has 8 nitrogen and oxygen atoms in total. The third-order valence-corrected chi connectivity index (χ3v) is 5.99. The van der Waals surface area contributed by atoms with Gasteiger partial charge in [-0.15, -0.1) is 16.4 Å². The molecule has 2 heterocycles. The zero-order valence-corrected chi connectivity index (χ0v) is 16.2. The number of carbonyl (C=O) groups excluding carboxylic acids is 2. The summed E-state index contributed by atoms with van der Waals surface area (Å²) in [6.45, 7) is 2.12. The number of fused-ring (bicyclic) bond motifs is 1. The molecular formula is C17H17N5O3S2. The van der Waals surface area contributed by atoms with Crippen LogP contribution in [-0.2, 0) is 9.53 Å². The summed E-state index contributed by atoms with van der Waals surface area (Å²) >= 11 is 2.70. The van der Waals surface area contributed by atoms with E-state index in [1.807, 2.05) is 18.2 Å². The van der Waals surface area contributed by atoms with Gasteiger partial charge in [0.1, 0.15) is 4.88 Å². The van der Waals surface area contributed by atoms with Crippen LogP contribution >= 0.6 is 23.1 Å². The number of thioether (sulfide) groups is 1. The van der Waals surface area contributed by atoms with E-state index >= 15 is 0 Å². The Hall–Kier alpha value is -2.46. The second kappa shape index (κ2) is 7.65. The number of rotatable bonds is 7. The molecule has 1 saturated carbocycles. The normalized spacial score (nSPS) is 13.7. The van der Waals surface area contributed by atoms with Crippen LogP contribution in [0.1, 0.15) is 35.5 Å². The van der Waals surface area contributed by atoms with Gasteiger partial charge in [-0.3, -0.25) is 4.79 Å². The van der Waals surface area contributed by atoms with Crippen molar-refractivity contribution in [2.24, 2.45) is 0 Å². The predicted molar refractivity (Wildman–Crippen MR) is 103 cm³/mol. The van der Waals surface area contributed by atoms with E-state index in [9.17, 15) is 9.59 Å². The molecule has 1 N–H and O–H groups in total. The fraction of sp³-hybridized carbons (Fsp3) is 0.353. The number of ether oxygens (including phenoxy) is 1. The van der Waals surface area contributed by atoms with E-state index in [1.54, 1.807) is 17.7 Å². The zero-order chi connectivity index (χ0) is 18.8. The third kappa shape index (κ3) is 4.11. The van der Waals surface area contributed by atoms with Crippen LogP contribution in [0, 0.1) is 0 Å². The van der Waals surface area contributed by atoms with Gasteiger partial charge < -0.3 is 10.1 Å². The fourth-order valence-corrected chi connectivity index (χ4v) is 4.26. The van der Waals surface area contributed by atoms with Crippen LogP contribution in [0.15, 0.2) is 29.4 Å². The molecule has 0 radical (unpaired) electrons. The predicted octanol–water partition coefficient (Wildman–Crippen LogP) is 3.13. The number of carbonyl (C=O) groups is 2. The average molecular weight is 403 g/mol. The number of anilines is 1. The Morgan fingerprint density at radius 1 is 1.37 bits per heavy atom. The van der Waals surface area contributed by atoms with Crippen LogP contribution in [-0.4, -0.2) is 44.4 Å². The summed E-state index contributed by atoms with van der Waals surface area (Å²) in [5.74, 6) is -0.234. The molecule has 1 aromatic carbocycles. The van der Waals surface area contributed by atoms with Gasteiger partial charge in [-0.1, -0.05) is 11.8 Å². The highest BCUT2D eigenvalue weighted by molar-refractivity contribution is 7.99. The Balaban J connectivity index is 1.39. The van der Waals surface area contributed by atoms with Crippen molar-refractivity contribution in [1.29, 1.82) is 0 Å². The number of esters is 1. The van der Waals surface area contributed by atoms with Crippen molar-refractivity contribution >= 4 is 50.7 Å². The van der Waals surface area contributed by atoms with Crippen LogP contribution in [0.2, 0.25) is 0 Å². The molecule has 1 aliphatic carbocycles. The smallest absolute Gasteiger partial charge is 0.348 e. The van der Waals surface area contributed by atoms with Gasteiger partial charge in [0.25, 0.3) is 0 Å². The second-order valence-corrected chi connectivity index (χ2v) is 8.08. The lowest BCUT2D eigenvalue weighted by atomic mass is 10.2. The number of tetrazole rings is 1. The van der Waals surface area contributed by atoms with Crippen LogP contribution in [0.25, 0.3) is 10.1 Å². The van der Waals surface area contributed by atoms with E-state index < -0.39 is 0 Å². The number of hydrogen-bond acceptors (Lipinski definition) is 8. The summed E-state index contributed by atoms with van der Waals surface area (Å²) in [5, 5.41) is 16.1. The average Bonchev–Trinajstić information content (AvgIpc) is 3.23. The fourth-order valence-electron chi connectivity index (χ4n) is 2.58. The van der Waals surface area contributed by atoms with Crippen molar-refractivity contribution in [3.05, 3.63) is 29.1 Å². The van der Waals surface area contributed by atoms with E-state index in [1.165, 1.54) is 23.1 Å². The lowest BCUT2D eigenvalue weighted by molar-refractivity contribution is -0.113. The second-order valence-electron chi connectivity index (χ2n) is 6.06. The number of hydrogen-bond donors (Lipinski definition) is 1. The quantitative estimate of drug-likeness (QED) is 0.478. The topological polar surface area (TPSA) is 99.0 Å². The van der Waals surface area contributed by atoms with Crippen molar-refractivity contribution in [3.8, 4) is 0 Å². The number of nitrogens with zero attached hydrogens (tertiary/aromatic N) is 4. The Morgan fingerprint density at radius 2 is 2.22 bits per heavy atom. The Kier molecular flexibility index (Phi) is 5.08. The van der Waals surface area contributed by atoms with Gasteiger partial charge in [0.2, 0.25) is 11.1 Å². The van der Waals surface area contributed by atoms with E-state index in [0.29, 0.717) is 28.4 Å². The summed E-state index contributed by atoms with van der Waals surface area (Å²) < 4.78 is 7.78. The molecule has 140 valence electrons. The van der Waals surface area contributed by atoms with Gasteiger partial charge in [0, 0.05) is 10.4 Å². The standard InChI is InChI=1S/C17H17N5O3S2/c1-2-25-16(24)14-8-10-7-11(3-6-13(10)27-14)18-15(23)9-26-17-19-20-21-22(17)12-4-5-12/h3,6-8,12H,2,4-5,9H2,1H3,(H,18,23). The third-order valence-electron chi connectivity index (χ3n) is 3.96. The van der Waals surface area contributed by atoms with Crippen LogP contribution in [0.3, 0.4) is 0 Å². The molecule has 0 aliphatic heterocycles. The molecule has 4 rings (SSSR count). The number of thiophene rings is 1. The SMILES string of the molecule is CCOC(=O)c1cc2cc(NC(=O)CSc3nnnn3C3CC3)ccc2s1. The summed E-state index contributed by atoms with van der Waals surface area (Å²) in [6, 6.07) is 7.72. The van der Waals surface area contributed by atoms with Crippen molar-refractivity contribution in [2.75, 3.05) is 17.7 Å². The van der Waals surface area contributed by atoms with Gasteiger partial charge in [0.05, 0.1) is 18.4 Å². The first-order valence-electron chi connectivity index (χ1n) is 8.55. The Bertz CT molecular complexity index is 996. The van der Waals surface area contributed by atoms with Crippen LogP contribution in [0.4, 0.5) is 5.69 Å². The molecule has 1 fully saturated rings. The molecule has 0 saturated heterocycles. The van der Waals surface area contributed by atoms with Crippen molar-refractivity contribution < 1.29 is 14.3 Å². The van der Waals surface area contributed by atoms with Gasteiger partial charge >= 0.3 is 5.97 Å². The highest BCUT2D eigenvalue weighted by atomic mass is 32.2. The molecule has 0 bridgehead atoms. The summed E-state index contributed by atoms with van der Waals surface area (Å²) in [5.41, 5.74) is 0.683. The maximum atomic E-state index is 12.3. The summed E-state index contributed by atoms with van der Waals surface area (Å²) in [4.78, 5) is 24.7. The van der Waals surface area contributed by atoms with Gasteiger partial charge in [-0.2, -0.15) is 0 Å². The number of benzene rings is 1. The lowest BCUT2D eigenvalue weighted by Crippen LogP contribution is -2.14. The number of amides is 1. The molecule has 10 heteroatoms. The van der Waals surface area contributed by atoms with Gasteiger partial charge in [-0.25, -0.2) is 9.48 Å². The number of nitrogens with one attached hydrogen (secondary N) is 1. The summed E-state index contributed by atoms with van der Waals surface area (Å²) in [7, 11) is 0. The van der Waals surface area contributed by atoms with Crippen LogP contribution in [0.5, 0.6) is 0 Å². The highest BCUT2D eigenvalue weighted by Gasteiger charge is 2.28. The Labute approximate surface area is 163 Å². The maximum absolute atomic E-state index is 12.3. The first kappa shape index (κ1) is 17.9. The largest absolute Gasteiger partial charge is 0.462 e. The molecular weight excluding hydrogens is 386 g/mol. The minimum atomic E-state index is -0.325. The van der Waals surface area contributed by atoms with Crippen LogP contribution < -0.4 is 5.32 Å². The van der Waals surface area contributed by atoms with Crippen molar-refractivity contribution in [2.45, 2.75) is 31.0 Å². The van der Waals surface area contributed by atoms with E-state index in [2.05, 4.69) is 20.8 Å². The molecule has 0 atom stereocenters. The first-order chi connectivity index (χ1) is 13.1. The lowest BCUT2D eigenvalue weighted by Gasteiger charge is -2.05. The van der Waals surface area contributed by atoms with Crippen molar-refractivity contribution in [3.63, 3.8) is 0 Å². The number of aromatic nitrogens is 4. The van der Waals surface area contributed by atoms with Gasteiger partial charge in [0.15, 0.2) is 0 Å². The molecule has 0 unspecified atom stereocenters. The highest BCUT2D eigenvalue weighted by Crippen LogP contribution is 2.36. The van der Waals surface area contributed by atoms with E-state index in [4.69, 9.17) is 4.74 Å². The minimum absolute atomic E-state index is 0.134. The Morgan fingerprint density at radius 3 is 3.00 bits per heavy atom. The minimum Gasteiger partial charge on any atom is -0.462 e. The van der Waals surface area contributed by atoms with Gasteiger partial charge in [-0.05, 0) is 59.8 Å². The molecule has 0 spiro atoms. The summed E-state index contributed by atoms with van der Waals surface area (Å²) in [6.07, 6.45) is 2.17. The molecule has 1 aliphatic rings. The molecule has 3 aromatic rings. The van der Waals surface area contributed by atoms with Crippen molar-refractivity contribution in [1.82, 2.24) is 20.2 Å². The molecule has 2 aromatic heterocycles. The molecule has 27 heavy (non-hydrogen) atoms. The monoisotopic (exact) mass is 403 g/mol. The first-order valence-corrected chi connectivity index (χ1v) is 10.4. The van der Waals surface area contributed by atoms with E-state index in [-0.39, 0.29) is 17.6 Å². The zero-order valence-electron chi connectivity index (χ0n) is 14.5. The van der Waals surface area contributed by atoms with E-state index in [0.717, 1.165) is 22.9 Å². The maximum Gasteiger partial charge on any atom is 0.348 e.